The highest BCUT2D eigenvalue weighted by molar-refractivity contribution is 5.90. The number of rotatable bonds is 3. The molecule has 2 aromatic carbocycles. The van der Waals surface area contributed by atoms with Gasteiger partial charge in [0.2, 0.25) is 0 Å². The number of fused-ring (bicyclic) bond motifs is 1. The van der Waals surface area contributed by atoms with Crippen LogP contribution in [0.1, 0.15) is 45.8 Å². The van der Waals surface area contributed by atoms with Crippen LogP contribution >= 0.6 is 0 Å². The molecule has 4 atom stereocenters. The van der Waals surface area contributed by atoms with Gasteiger partial charge in [0.15, 0.2) is 0 Å². The molecule has 1 saturated carbocycles. The molecule has 2 aromatic rings. The summed E-state index contributed by atoms with van der Waals surface area (Å²) in [4.78, 5) is 25.6. The Bertz CT molecular complexity index is 1110. The molecular weight excluding hydrogens is 499 g/mol. The molecule has 0 radical (unpaired) electrons. The number of halogens is 7. The average Bonchev–Trinajstić information content (AvgIpc) is 3.23. The van der Waals surface area contributed by atoms with Crippen LogP contribution in [0.4, 0.5) is 35.5 Å². The molecule has 0 bridgehead atoms. The maximum Gasteiger partial charge on any atom is 0.416 e. The fraction of sp³-hybridized carbons (Fsp3) is 0.417. The lowest BCUT2D eigenvalue weighted by molar-refractivity contribution is -0.143. The van der Waals surface area contributed by atoms with Crippen LogP contribution in [-0.2, 0) is 17.1 Å². The topological polar surface area (TPSA) is 66.8 Å². The number of benzene rings is 2. The van der Waals surface area contributed by atoms with Crippen molar-refractivity contribution in [2.75, 3.05) is 13.1 Å². The summed E-state index contributed by atoms with van der Waals surface area (Å²) in [5, 5.41) is 9.40. The van der Waals surface area contributed by atoms with Gasteiger partial charge < -0.3 is 14.7 Å². The molecule has 4 rings (SSSR count). The zero-order chi connectivity index (χ0) is 26.4. The van der Waals surface area contributed by atoms with E-state index in [4.69, 9.17) is 4.74 Å². The van der Waals surface area contributed by atoms with Gasteiger partial charge in [0, 0.05) is 19.0 Å². The van der Waals surface area contributed by atoms with Gasteiger partial charge in [0.25, 0.3) is 0 Å². The highest BCUT2D eigenvalue weighted by atomic mass is 19.4. The van der Waals surface area contributed by atoms with Crippen molar-refractivity contribution < 1.29 is 50.2 Å². The van der Waals surface area contributed by atoms with Crippen molar-refractivity contribution in [3.8, 4) is 0 Å². The van der Waals surface area contributed by atoms with E-state index in [9.17, 15) is 45.4 Å². The fourth-order valence-corrected chi connectivity index (χ4v) is 5.16. The molecule has 1 heterocycles. The molecule has 5 nitrogen and oxygen atoms in total. The molecule has 1 aliphatic carbocycles. The van der Waals surface area contributed by atoms with E-state index in [1.807, 2.05) is 0 Å². The normalized spacial score (nSPS) is 24.4. The third kappa shape index (κ3) is 5.26. The molecular formula is C24H20F7NO4. The summed E-state index contributed by atoms with van der Waals surface area (Å²) in [6, 6.07) is 5.75. The van der Waals surface area contributed by atoms with Crippen molar-refractivity contribution in [1.29, 1.82) is 0 Å². The maximum atomic E-state index is 13.5. The van der Waals surface area contributed by atoms with Crippen LogP contribution in [0.5, 0.6) is 0 Å². The summed E-state index contributed by atoms with van der Waals surface area (Å²) in [5.74, 6) is -2.98. The number of hydrogen-bond acceptors (Lipinski definition) is 3. The van der Waals surface area contributed by atoms with Gasteiger partial charge in [-0.25, -0.2) is 14.0 Å². The van der Waals surface area contributed by atoms with Crippen molar-refractivity contribution in [2.45, 2.75) is 37.2 Å². The molecule has 0 spiro atoms. The maximum absolute atomic E-state index is 13.5. The Morgan fingerprint density at radius 1 is 0.889 bits per heavy atom. The molecule has 1 saturated heterocycles. The predicted octanol–water partition coefficient (Wildman–Crippen LogP) is 6.19. The standard InChI is InChI=1S/C24H20F7NO4/c25-17-4-1-12(2-5-17)20-18-11-32(22(34)35)10-13(18)3-6-19(20)36-21(33)14-7-15(23(26,27)28)9-16(8-14)24(29,30)31/h1-2,4-5,7-9,13,18-20H,3,6,10-11H2,(H,34,35)/t13-,18+,19-,20-/m1/s1. The number of carboxylic acid groups (broad SMARTS) is 1. The summed E-state index contributed by atoms with van der Waals surface area (Å²) in [7, 11) is 0. The molecule has 2 fully saturated rings. The lowest BCUT2D eigenvalue weighted by atomic mass is 9.69. The van der Waals surface area contributed by atoms with Crippen LogP contribution in [-0.4, -0.2) is 41.3 Å². The molecule has 194 valence electrons. The number of carbonyl (C=O) groups excluding carboxylic acids is 1. The van der Waals surface area contributed by atoms with Gasteiger partial charge in [-0.3, -0.25) is 0 Å². The highest BCUT2D eigenvalue weighted by Gasteiger charge is 2.48. The number of esters is 1. The lowest BCUT2D eigenvalue weighted by Crippen LogP contribution is -2.38. The van der Waals surface area contributed by atoms with E-state index in [1.165, 1.54) is 29.2 Å². The van der Waals surface area contributed by atoms with Crippen molar-refractivity contribution >= 4 is 12.1 Å². The molecule has 2 aliphatic rings. The first-order valence-corrected chi connectivity index (χ1v) is 11.0. The summed E-state index contributed by atoms with van der Waals surface area (Å²) >= 11 is 0. The van der Waals surface area contributed by atoms with E-state index in [-0.39, 0.29) is 37.4 Å². The van der Waals surface area contributed by atoms with Gasteiger partial charge in [-0.2, -0.15) is 26.3 Å². The number of amides is 1. The second kappa shape index (κ2) is 9.29. The number of likely N-dealkylation sites (tertiary alicyclic amines) is 1. The Morgan fingerprint density at radius 3 is 2.00 bits per heavy atom. The molecule has 1 N–H and O–H groups in total. The van der Waals surface area contributed by atoms with Gasteiger partial charge in [-0.1, -0.05) is 12.1 Å². The zero-order valence-corrected chi connectivity index (χ0v) is 18.4. The number of alkyl halides is 6. The Kier molecular flexibility index (Phi) is 6.65. The first kappa shape index (κ1) is 25.8. The number of carbonyl (C=O) groups is 2. The van der Waals surface area contributed by atoms with Crippen LogP contribution < -0.4 is 0 Å². The second-order valence-electron chi connectivity index (χ2n) is 9.00. The summed E-state index contributed by atoms with van der Waals surface area (Å²) in [6.45, 7) is 0.332. The van der Waals surface area contributed by atoms with Crippen LogP contribution in [0, 0.1) is 17.7 Å². The lowest BCUT2D eigenvalue weighted by Gasteiger charge is -2.39. The third-order valence-electron chi connectivity index (χ3n) is 6.78. The second-order valence-corrected chi connectivity index (χ2v) is 9.00. The van der Waals surface area contributed by atoms with Gasteiger partial charge in [-0.05, 0) is 60.6 Å². The molecule has 0 unspecified atom stereocenters. The first-order valence-electron chi connectivity index (χ1n) is 11.0. The van der Waals surface area contributed by atoms with Crippen LogP contribution in [0.15, 0.2) is 42.5 Å². The van der Waals surface area contributed by atoms with E-state index < -0.39 is 58.9 Å². The molecule has 12 heteroatoms. The molecule has 1 aliphatic heterocycles. The molecule has 36 heavy (non-hydrogen) atoms. The van der Waals surface area contributed by atoms with Gasteiger partial charge in [0.05, 0.1) is 16.7 Å². The van der Waals surface area contributed by atoms with Crippen LogP contribution in [0.3, 0.4) is 0 Å². The van der Waals surface area contributed by atoms with E-state index in [0.29, 0.717) is 24.1 Å². The Labute approximate surface area is 200 Å². The monoisotopic (exact) mass is 519 g/mol. The van der Waals surface area contributed by atoms with Crippen molar-refractivity contribution in [3.63, 3.8) is 0 Å². The highest BCUT2D eigenvalue weighted by Crippen LogP contribution is 2.47. The third-order valence-corrected chi connectivity index (χ3v) is 6.78. The Hall–Kier alpha value is -3.31. The first-order chi connectivity index (χ1) is 16.7. The van der Waals surface area contributed by atoms with E-state index >= 15 is 0 Å². The summed E-state index contributed by atoms with van der Waals surface area (Å²) < 4.78 is 98.3. The predicted molar refractivity (Wildman–Crippen MR) is 111 cm³/mol. The molecule has 0 aromatic heterocycles. The smallest absolute Gasteiger partial charge is 0.416 e. The van der Waals surface area contributed by atoms with E-state index in [2.05, 4.69) is 0 Å². The van der Waals surface area contributed by atoms with Crippen LogP contribution in [0.25, 0.3) is 0 Å². The van der Waals surface area contributed by atoms with Crippen LogP contribution in [0.2, 0.25) is 0 Å². The number of ether oxygens (including phenoxy) is 1. The largest absolute Gasteiger partial charge is 0.465 e. The Morgan fingerprint density at radius 2 is 1.47 bits per heavy atom. The Balaban J connectivity index is 1.67. The fourth-order valence-electron chi connectivity index (χ4n) is 5.16. The number of nitrogens with zero attached hydrogens (tertiary/aromatic N) is 1. The summed E-state index contributed by atoms with van der Waals surface area (Å²) in [5.41, 5.74) is -3.67. The van der Waals surface area contributed by atoms with Gasteiger partial charge in [-0.15, -0.1) is 0 Å². The SMILES string of the molecule is O=C(O[C@@H]1CC[C@@H]2CN(C(=O)O)C[C@@H]2[C@H]1c1ccc(F)cc1)c1cc(C(F)(F)F)cc(C(F)(F)F)c1. The van der Waals surface area contributed by atoms with Gasteiger partial charge >= 0.3 is 24.4 Å². The minimum atomic E-state index is -5.13. The van der Waals surface area contributed by atoms with Gasteiger partial charge in [0.1, 0.15) is 11.9 Å². The quantitative estimate of drug-likeness (QED) is 0.388. The average molecular weight is 519 g/mol. The van der Waals surface area contributed by atoms with Crippen molar-refractivity contribution in [2.24, 2.45) is 11.8 Å². The minimum absolute atomic E-state index is 0.0810. The molecule has 1 amide bonds. The number of hydrogen-bond donors (Lipinski definition) is 1. The van der Waals surface area contributed by atoms with E-state index in [0.717, 1.165) is 0 Å². The minimum Gasteiger partial charge on any atom is -0.465 e. The van der Waals surface area contributed by atoms with Crippen molar-refractivity contribution in [3.05, 3.63) is 70.5 Å². The zero-order valence-electron chi connectivity index (χ0n) is 18.4. The van der Waals surface area contributed by atoms with Crippen molar-refractivity contribution in [1.82, 2.24) is 4.90 Å². The summed E-state index contributed by atoms with van der Waals surface area (Å²) in [6.07, 6.45) is -11.7. The van der Waals surface area contributed by atoms with E-state index in [1.54, 1.807) is 0 Å².